The van der Waals surface area contributed by atoms with Crippen LogP contribution in [0.25, 0.3) is 5.76 Å². The van der Waals surface area contributed by atoms with Gasteiger partial charge in [-0.1, -0.05) is 151 Å². The van der Waals surface area contributed by atoms with Gasteiger partial charge in [0.2, 0.25) is 17.3 Å². The molecular formula is C39H28ClNO4. The molecule has 6 rings (SSSR count). The monoisotopic (exact) mass is 609 g/mol. The van der Waals surface area contributed by atoms with Crippen molar-refractivity contribution in [3.8, 4) is 0 Å². The predicted octanol–water partition coefficient (Wildman–Crippen LogP) is 8.67. The van der Waals surface area contributed by atoms with Crippen LogP contribution in [0.4, 0.5) is 0 Å². The first-order chi connectivity index (χ1) is 21.9. The van der Waals surface area contributed by atoms with Gasteiger partial charge >= 0.3 is 0 Å². The van der Waals surface area contributed by atoms with Crippen LogP contribution >= 0.6 is 11.6 Å². The second-order valence-corrected chi connectivity index (χ2v) is 11.2. The van der Waals surface area contributed by atoms with Crippen molar-refractivity contribution in [3.05, 3.63) is 184 Å². The van der Waals surface area contributed by atoms with Crippen molar-refractivity contribution >= 4 is 40.4 Å². The molecule has 1 aliphatic heterocycles. The molecule has 0 spiro atoms. The third kappa shape index (κ3) is 5.91. The van der Waals surface area contributed by atoms with Gasteiger partial charge in [0.1, 0.15) is 5.76 Å². The van der Waals surface area contributed by atoms with Gasteiger partial charge in [0.25, 0.3) is 0 Å². The van der Waals surface area contributed by atoms with Crippen molar-refractivity contribution in [1.82, 2.24) is 0 Å². The summed E-state index contributed by atoms with van der Waals surface area (Å²) in [7, 11) is 0. The third-order valence-electron chi connectivity index (χ3n) is 7.75. The van der Waals surface area contributed by atoms with Crippen LogP contribution in [0.5, 0.6) is 0 Å². The Bertz CT molecular complexity index is 1880. The Kier molecular flexibility index (Phi) is 8.37. The number of halogens is 1. The molecule has 220 valence electrons. The van der Waals surface area contributed by atoms with Gasteiger partial charge in [-0.15, -0.1) is 0 Å². The number of nitrogens with zero attached hydrogens (tertiary/aromatic N) is 1. The summed E-state index contributed by atoms with van der Waals surface area (Å²) in [5, 5.41) is 0.394. The fourth-order valence-electron chi connectivity index (χ4n) is 5.62. The molecule has 0 unspecified atom stereocenters. The van der Waals surface area contributed by atoms with Crippen LogP contribution in [0.3, 0.4) is 0 Å². The van der Waals surface area contributed by atoms with E-state index in [-0.39, 0.29) is 11.5 Å². The molecule has 0 fully saturated rings. The maximum atomic E-state index is 14.4. The summed E-state index contributed by atoms with van der Waals surface area (Å²) in [5.74, 6) is -1.97. The van der Waals surface area contributed by atoms with Gasteiger partial charge in [-0.25, -0.2) is 4.99 Å². The summed E-state index contributed by atoms with van der Waals surface area (Å²) in [5.41, 5.74) is 0.669. The molecule has 2 atom stereocenters. The molecule has 0 aliphatic carbocycles. The Morgan fingerprint density at radius 1 is 0.622 bits per heavy atom. The van der Waals surface area contributed by atoms with Crippen LogP contribution in [0.2, 0.25) is 5.02 Å². The van der Waals surface area contributed by atoms with Crippen molar-refractivity contribution in [2.75, 3.05) is 0 Å². The molecule has 0 bridgehead atoms. The summed E-state index contributed by atoms with van der Waals surface area (Å²) in [6, 6.07) is 42.4. The molecule has 0 amide bonds. The maximum absolute atomic E-state index is 14.4. The third-order valence-corrected chi connectivity index (χ3v) is 8.09. The molecule has 1 aliphatic rings. The van der Waals surface area contributed by atoms with E-state index in [4.69, 9.17) is 21.3 Å². The van der Waals surface area contributed by atoms with Crippen molar-refractivity contribution in [2.24, 2.45) is 4.99 Å². The molecule has 0 saturated carbocycles. The van der Waals surface area contributed by atoms with E-state index in [1.807, 2.05) is 48.5 Å². The minimum absolute atomic E-state index is 0.274. The molecule has 0 aromatic heterocycles. The highest BCUT2D eigenvalue weighted by Gasteiger charge is 2.52. The Morgan fingerprint density at radius 3 is 1.58 bits per heavy atom. The molecule has 0 radical (unpaired) electrons. The van der Waals surface area contributed by atoms with E-state index in [2.05, 4.69) is 0 Å². The lowest BCUT2D eigenvalue weighted by Crippen LogP contribution is -2.36. The van der Waals surface area contributed by atoms with E-state index in [0.29, 0.717) is 44.2 Å². The van der Waals surface area contributed by atoms with E-state index >= 15 is 0 Å². The van der Waals surface area contributed by atoms with Crippen molar-refractivity contribution < 1.29 is 19.1 Å². The lowest BCUT2D eigenvalue weighted by atomic mass is 9.80. The number of carbonyl (C=O) groups excluding carboxylic acids is 3. The number of hydrogen-bond acceptors (Lipinski definition) is 5. The second kappa shape index (κ2) is 12.7. The number of hydrogen-bond donors (Lipinski definition) is 0. The van der Waals surface area contributed by atoms with E-state index in [1.54, 1.807) is 104 Å². The smallest absolute Gasteiger partial charge is 0.215 e. The summed E-state index contributed by atoms with van der Waals surface area (Å²) in [6.45, 7) is 1.69. The molecule has 5 aromatic carbocycles. The summed E-state index contributed by atoms with van der Waals surface area (Å²) in [4.78, 5) is 47.5. The van der Waals surface area contributed by atoms with Crippen LogP contribution in [-0.2, 0) is 4.74 Å². The van der Waals surface area contributed by atoms with Gasteiger partial charge in [0.15, 0.2) is 11.5 Å². The molecule has 5 nitrogen and oxygen atoms in total. The molecule has 0 saturated heterocycles. The van der Waals surface area contributed by atoms with Crippen LogP contribution in [0, 0.1) is 0 Å². The largest absolute Gasteiger partial charge is 0.464 e. The lowest BCUT2D eigenvalue weighted by Gasteiger charge is -2.30. The Morgan fingerprint density at radius 2 is 1.07 bits per heavy atom. The van der Waals surface area contributed by atoms with Gasteiger partial charge in [0.05, 0.1) is 11.5 Å². The SMILES string of the molecule is C[C@]1(N=C(C(=O)c2ccccc2)C(=O)c2ccccc2)OC(c2ccccc2)=C(C(=O)c2ccccc2)[C@@H]1c1ccccc1Cl. The highest BCUT2D eigenvalue weighted by molar-refractivity contribution is 6.72. The normalized spacial score (nSPS) is 17.3. The minimum Gasteiger partial charge on any atom is -0.464 e. The first-order valence-electron chi connectivity index (χ1n) is 14.5. The van der Waals surface area contributed by atoms with Crippen molar-refractivity contribution in [1.29, 1.82) is 0 Å². The molecule has 1 heterocycles. The number of Topliss-reactive ketones (excluding diaryl/α,β-unsaturated/α-hetero) is 3. The van der Waals surface area contributed by atoms with Crippen LogP contribution in [0.15, 0.2) is 156 Å². The van der Waals surface area contributed by atoms with E-state index in [9.17, 15) is 14.4 Å². The summed E-state index contributed by atoms with van der Waals surface area (Å²) >= 11 is 6.82. The Balaban J connectivity index is 1.62. The number of benzene rings is 5. The number of carbonyl (C=O) groups is 3. The standard InChI is InChI=1S/C39H28ClNO4/c1-39(41-34(36(43)27-18-8-3-9-19-27)37(44)28-20-10-4-11-21-28)33(30-24-14-15-25-31(30)40)32(35(42)26-16-6-2-7-17-26)38(45-39)29-22-12-5-13-23-29/h2-25,33H,1H3/t33-,39-/m0/s1. The number of rotatable bonds is 9. The zero-order valence-corrected chi connectivity index (χ0v) is 25.1. The second-order valence-electron chi connectivity index (χ2n) is 10.8. The number of ether oxygens (including phenoxy) is 1. The van der Waals surface area contributed by atoms with Crippen LogP contribution in [0.1, 0.15) is 55.0 Å². The zero-order chi connectivity index (χ0) is 31.4. The molecule has 0 N–H and O–H groups in total. The van der Waals surface area contributed by atoms with E-state index < -0.39 is 23.2 Å². The maximum Gasteiger partial charge on any atom is 0.215 e. The Hall–Kier alpha value is -5.39. The zero-order valence-electron chi connectivity index (χ0n) is 24.4. The van der Waals surface area contributed by atoms with Crippen molar-refractivity contribution in [2.45, 2.75) is 18.6 Å². The highest BCUT2D eigenvalue weighted by atomic mass is 35.5. The molecule has 6 heteroatoms. The average molecular weight is 610 g/mol. The first kappa shape index (κ1) is 29.7. The lowest BCUT2D eigenvalue weighted by molar-refractivity contribution is 0.0700. The van der Waals surface area contributed by atoms with Gasteiger partial charge in [-0.2, -0.15) is 0 Å². The van der Waals surface area contributed by atoms with Crippen LogP contribution in [-0.4, -0.2) is 28.8 Å². The average Bonchev–Trinajstić information content (AvgIpc) is 3.40. The van der Waals surface area contributed by atoms with E-state index in [1.165, 1.54) is 0 Å². The number of ketones is 3. The molecule has 45 heavy (non-hydrogen) atoms. The van der Waals surface area contributed by atoms with E-state index in [0.717, 1.165) is 0 Å². The van der Waals surface area contributed by atoms with Gasteiger partial charge in [-0.3, -0.25) is 14.4 Å². The van der Waals surface area contributed by atoms with Gasteiger partial charge in [0, 0.05) is 27.3 Å². The molecule has 5 aromatic rings. The topological polar surface area (TPSA) is 72.8 Å². The first-order valence-corrected chi connectivity index (χ1v) is 14.9. The van der Waals surface area contributed by atoms with Crippen LogP contribution < -0.4 is 0 Å². The van der Waals surface area contributed by atoms with Crippen molar-refractivity contribution in [3.63, 3.8) is 0 Å². The number of aliphatic imine (C=N–C) groups is 1. The summed E-state index contributed by atoms with van der Waals surface area (Å²) < 4.78 is 6.72. The highest BCUT2D eigenvalue weighted by Crippen LogP contribution is 2.52. The van der Waals surface area contributed by atoms with Gasteiger partial charge < -0.3 is 4.74 Å². The fourth-order valence-corrected chi connectivity index (χ4v) is 5.87. The molecular weight excluding hydrogens is 582 g/mol. The predicted molar refractivity (Wildman–Crippen MR) is 177 cm³/mol. The quantitative estimate of drug-likeness (QED) is 0.0952. The fraction of sp³-hybridized carbons (Fsp3) is 0.0769. The summed E-state index contributed by atoms with van der Waals surface area (Å²) in [6.07, 6.45) is 0. The minimum atomic E-state index is -1.62. The Labute approximate surface area is 266 Å². The van der Waals surface area contributed by atoms with Gasteiger partial charge in [-0.05, 0) is 18.6 Å².